The number of carboxylic acid groups (broad SMARTS) is 1. The fraction of sp³-hybridized carbons (Fsp3) is 0.421. The van der Waals surface area contributed by atoms with Crippen molar-refractivity contribution in [2.24, 2.45) is 11.5 Å². The lowest BCUT2D eigenvalue weighted by molar-refractivity contribution is -0.143. The fourth-order valence-corrected chi connectivity index (χ4v) is 2.83. The van der Waals surface area contributed by atoms with Crippen molar-refractivity contribution in [3.8, 4) is 0 Å². The summed E-state index contributed by atoms with van der Waals surface area (Å²) in [5, 5.41) is 25.1. The number of hydrogen-bond donors (Lipinski definition) is 8. The molecule has 0 aliphatic rings. The number of aliphatic hydroxyl groups is 1. The number of hydrogen-bond acceptors (Lipinski definition) is 8. The van der Waals surface area contributed by atoms with Crippen LogP contribution in [0.1, 0.15) is 12.0 Å². The smallest absolute Gasteiger partial charge is 0.328 e. The zero-order valence-corrected chi connectivity index (χ0v) is 18.0. The predicted molar refractivity (Wildman–Crippen MR) is 116 cm³/mol. The van der Waals surface area contributed by atoms with E-state index in [1.165, 1.54) is 0 Å². The van der Waals surface area contributed by atoms with Crippen molar-refractivity contribution in [2.75, 3.05) is 12.4 Å². The Morgan fingerprint density at radius 1 is 0.906 bits per heavy atom. The van der Waals surface area contributed by atoms with Gasteiger partial charge >= 0.3 is 5.97 Å². The summed E-state index contributed by atoms with van der Waals surface area (Å²) in [5.74, 6) is -4.85. The molecule has 4 atom stereocenters. The maximum absolute atomic E-state index is 12.7. The molecule has 0 bridgehead atoms. The first-order valence-corrected chi connectivity index (χ1v) is 10.2. The van der Waals surface area contributed by atoms with Gasteiger partial charge < -0.3 is 37.6 Å². The van der Waals surface area contributed by atoms with E-state index in [1.54, 1.807) is 30.3 Å². The number of carbonyl (C=O) groups excluding carboxylic acids is 4. The zero-order chi connectivity index (χ0) is 24.3. The number of carboxylic acids is 1. The van der Waals surface area contributed by atoms with E-state index < -0.39 is 66.8 Å². The summed E-state index contributed by atoms with van der Waals surface area (Å²) in [6.07, 6.45) is -0.422. The first-order chi connectivity index (χ1) is 15.1. The number of rotatable bonds is 13. The Kier molecular flexibility index (Phi) is 11.2. The second-order valence-electron chi connectivity index (χ2n) is 6.85. The minimum atomic E-state index is -1.56. The van der Waals surface area contributed by atoms with Gasteiger partial charge in [0.15, 0.2) is 0 Å². The summed E-state index contributed by atoms with van der Waals surface area (Å²) in [6, 6.07) is 3.33. The number of primary amides is 1. The Bertz CT molecular complexity index is 824. The molecule has 0 saturated heterocycles. The molecule has 32 heavy (non-hydrogen) atoms. The maximum Gasteiger partial charge on any atom is 0.328 e. The molecule has 12 nitrogen and oxygen atoms in total. The van der Waals surface area contributed by atoms with Crippen LogP contribution in [-0.2, 0) is 30.4 Å². The molecule has 0 heterocycles. The van der Waals surface area contributed by atoms with Crippen LogP contribution in [0.5, 0.6) is 0 Å². The van der Waals surface area contributed by atoms with Gasteiger partial charge in [0, 0.05) is 12.2 Å². The molecule has 9 N–H and O–H groups in total. The molecule has 0 aliphatic carbocycles. The van der Waals surface area contributed by atoms with Gasteiger partial charge in [-0.3, -0.25) is 19.2 Å². The van der Waals surface area contributed by atoms with Crippen LogP contribution < -0.4 is 27.4 Å². The zero-order valence-electron chi connectivity index (χ0n) is 17.1. The van der Waals surface area contributed by atoms with Gasteiger partial charge in [0.1, 0.15) is 18.1 Å². The molecular formula is C19H27N5O7S. The lowest BCUT2D eigenvalue weighted by atomic mass is 10.0. The van der Waals surface area contributed by atoms with Crippen LogP contribution in [0, 0.1) is 0 Å². The molecule has 0 aromatic heterocycles. The standard InChI is InChI=1S/C19H27N5O7S/c20-11(7-15(21)26)16(27)24-14(9-32)18(29)22-12(6-10-4-2-1-3-5-10)17(28)23-13(8-25)19(30)31/h1-5,11-14,25,32H,6-9,20H2,(H2,21,26)(H,22,29)(H,23,28)(H,24,27)(H,30,31). The van der Waals surface area contributed by atoms with Gasteiger partial charge in [-0.15, -0.1) is 0 Å². The highest BCUT2D eigenvalue weighted by Crippen LogP contribution is 2.05. The highest BCUT2D eigenvalue weighted by atomic mass is 32.1. The van der Waals surface area contributed by atoms with Gasteiger partial charge in [0.05, 0.1) is 19.1 Å². The number of aliphatic carboxylic acids is 1. The minimum Gasteiger partial charge on any atom is -0.480 e. The van der Waals surface area contributed by atoms with Crippen LogP contribution >= 0.6 is 12.6 Å². The Labute approximate surface area is 189 Å². The molecule has 176 valence electrons. The summed E-state index contributed by atoms with van der Waals surface area (Å²) < 4.78 is 0. The number of thiol groups is 1. The van der Waals surface area contributed by atoms with Crippen molar-refractivity contribution in [3.05, 3.63) is 35.9 Å². The molecule has 4 amide bonds. The molecule has 13 heteroatoms. The van der Waals surface area contributed by atoms with E-state index in [0.29, 0.717) is 5.56 Å². The molecule has 0 radical (unpaired) electrons. The van der Waals surface area contributed by atoms with Crippen LogP contribution in [0.4, 0.5) is 0 Å². The number of aliphatic hydroxyl groups excluding tert-OH is 1. The van der Waals surface area contributed by atoms with E-state index in [2.05, 4.69) is 28.6 Å². The van der Waals surface area contributed by atoms with Gasteiger partial charge in [0.25, 0.3) is 0 Å². The first-order valence-electron chi connectivity index (χ1n) is 9.52. The number of benzene rings is 1. The summed E-state index contributed by atoms with van der Waals surface area (Å²) in [6.45, 7) is -0.847. The van der Waals surface area contributed by atoms with Crippen molar-refractivity contribution in [3.63, 3.8) is 0 Å². The molecule has 1 rings (SSSR count). The summed E-state index contributed by atoms with van der Waals surface area (Å²) in [4.78, 5) is 59.5. The van der Waals surface area contributed by atoms with Crippen molar-refractivity contribution >= 4 is 42.2 Å². The van der Waals surface area contributed by atoms with Crippen molar-refractivity contribution in [2.45, 2.75) is 37.0 Å². The predicted octanol–water partition coefficient (Wildman–Crippen LogP) is -3.11. The van der Waals surface area contributed by atoms with Crippen molar-refractivity contribution in [1.29, 1.82) is 0 Å². The van der Waals surface area contributed by atoms with Crippen molar-refractivity contribution in [1.82, 2.24) is 16.0 Å². The van der Waals surface area contributed by atoms with Gasteiger partial charge in [-0.2, -0.15) is 12.6 Å². The highest BCUT2D eigenvalue weighted by molar-refractivity contribution is 7.80. The van der Waals surface area contributed by atoms with E-state index in [9.17, 15) is 24.0 Å². The molecule has 1 aromatic rings. The van der Waals surface area contributed by atoms with Gasteiger partial charge in [0.2, 0.25) is 23.6 Å². The Hall–Kier alpha value is -3.16. The quantitative estimate of drug-likeness (QED) is 0.138. The molecule has 1 aromatic carbocycles. The summed E-state index contributed by atoms with van der Waals surface area (Å²) in [5.41, 5.74) is 11.2. The second kappa shape index (κ2) is 13.3. The summed E-state index contributed by atoms with van der Waals surface area (Å²) in [7, 11) is 0. The molecule has 0 saturated carbocycles. The van der Waals surface area contributed by atoms with E-state index in [0.717, 1.165) is 0 Å². The van der Waals surface area contributed by atoms with Gasteiger partial charge in [-0.25, -0.2) is 4.79 Å². The number of amides is 4. The van der Waals surface area contributed by atoms with Crippen molar-refractivity contribution < 1.29 is 34.2 Å². The van der Waals surface area contributed by atoms with E-state index in [-0.39, 0.29) is 12.2 Å². The monoisotopic (exact) mass is 469 g/mol. The van der Waals surface area contributed by atoms with Crippen LogP contribution in [0.3, 0.4) is 0 Å². The molecule has 0 aliphatic heterocycles. The largest absolute Gasteiger partial charge is 0.480 e. The van der Waals surface area contributed by atoms with Crippen LogP contribution in [0.25, 0.3) is 0 Å². The molecule has 0 fully saturated rings. The molecule has 4 unspecified atom stereocenters. The Balaban J connectivity index is 2.96. The Morgan fingerprint density at radius 2 is 1.44 bits per heavy atom. The normalized spacial score (nSPS) is 14.3. The Morgan fingerprint density at radius 3 is 1.94 bits per heavy atom. The highest BCUT2D eigenvalue weighted by Gasteiger charge is 2.30. The lowest BCUT2D eigenvalue weighted by Gasteiger charge is -2.24. The van der Waals surface area contributed by atoms with Gasteiger partial charge in [-0.1, -0.05) is 30.3 Å². The van der Waals surface area contributed by atoms with Crippen LogP contribution in [0.2, 0.25) is 0 Å². The van der Waals surface area contributed by atoms with E-state index in [1.807, 2.05) is 0 Å². The first kappa shape index (κ1) is 26.9. The number of nitrogens with one attached hydrogen (secondary N) is 3. The third-order valence-corrected chi connectivity index (χ3v) is 4.65. The third-order valence-electron chi connectivity index (χ3n) is 4.29. The average molecular weight is 470 g/mol. The minimum absolute atomic E-state index is 0.00457. The van der Waals surface area contributed by atoms with Crippen LogP contribution in [0.15, 0.2) is 30.3 Å². The second-order valence-corrected chi connectivity index (χ2v) is 7.22. The topological polar surface area (TPSA) is 214 Å². The average Bonchev–Trinajstić information content (AvgIpc) is 2.74. The fourth-order valence-electron chi connectivity index (χ4n) is 2.57. The van der Waals surface area contributed by atoms with E-state index in [4.69, 9.17) is 21.7 Å². The molecule has 0 spiro atoms. The maximum atomic E-state index is 12.7. The number of nitrogens with two attached hydrogens (primary N) is 2. The van der Waals surface area contributed by atoms with Crippen LogP contribution in [-0.4, -0.2) is 76.3 Å². The molecular weight excluding hydrogens is 442 g/mol. The number of carbonyl (C=O) groups is 5. The lowest BCUT2D eigenvalue weighted by Crippen LogP contribution is -2.58. The SMILES string of the molecule is NC(=O)CC(N)C(=O)NC(CS)C(=O)NC(Cc1ccccc1)C(=O)NC(CO)C(=O)O. The summed E-state index contributed by atoms with van der Waals surface area (Å²) >= 11 is 4.02. The third kappa shape index (κ3) is 8.91. The van der Waals surface area contributed by atoms with E-state index >= 15 is 0 Å². The van der Waals surface area contributed by atoms with Gasteiger partial charge in [-0.05, 0) is 5.56 Å².